The summed E-state index contributed by atoms with van der Waals surface area (Å²) in [4.78, 5) is 10.7. The number of nitrogens with one attached hydrogen (secondary N) is 1. The highest BCUT2D eigenvalue weighted by Crippen LogP contribution is 1.96. The molecule has 132 valence electrons. The predicted molar refractivity (Wildman–Crippen MR) is 101 cm³/mol. The minimum Gasteiger partial charge on any atom is -0.351 e. The van der Waals surface area contributed by atoms with Crippen LogP contribution in [0, 0.1) is 0 Å². The van der Waals surface area contributed by atoms with E-state index in [2.05, 4.69) is 5.32 Å². The largest absolute Gasteiger partial charge is 0.351 e. The van der Waals surface area contributed by atoms with Gasteiger partial charge in [0.25, 0.3) is 0 Å². The number of hydrogen-bond donors (Lipinski definition) is 4. The van der Waals surface area contributed by atoms with E-state index in [1.165, 1.54) is 5.56 Å². The molecular formula is C18H27ClN4O. The average Bonchev–Trinajstić information content (AvgIpc) is 2.68. The molecule has 2 aromatic carbocycles. The Morgan fingerprint density at radius 2 is 1.29 bits per heavy atom. The van der Waals surface area contributed by atoms with Crippen LogP contribution < -0.4 is 22.5 Å². The summed E-state index contributed by atoms with van der Waals surface area (Å²) >= 11 is 5.31. The van der Waals surface area contributed by atoms with Crippen molar-refractivity contribution in [3.8, 4) is 0 Å². The van der Waals surface area contributed by atoms with E-state index in [1.54, 1.807) is 0 Å². The van der Waals surface area contributed by atoms with Gasteiger partial charge in [-0.2, -0.15) is 0 Å². The lowest BCUT2D eigenvalue weighted by Crippen LogP contribution is -2.23. The van der Waals surface area contributed by atoms with Crippen molar-refractivity contribution in [3.63, 3.8) is 0 Å². The molecule has 2 rings (SSSR count). The van der Waals surface area contributed by atoms with Crippen LogP contribution in [0.2, 0.25) is 0 Å². The van der Waals surface area contributed by atoms with E-state index in [0.717, 1.165) is 5.56 Å². The maximum atomic E-state index is 10.7. The van der Waals surface area contributed by atoms with Gasteiger partial charge in [0.1, 0.15) is 5.88 Å². The van der Waals surface area contributed by atoms with Gasteiger partial charge in [-0.15, -0.1) is 11.6 Å². The fourth-order valence-corrected chi connectivity index (χ4v) is 1.55. The molecule has 0 unspecified atom stereocenters. The molecule has 0 aliphatic heterocycles. The number of rotatable bonds is 5. The molecule has 0 aliphatic carbocycles. The standard InChI is InChI=1S/C9H10ClNO.C7H9N.C2H8N2/c10-6-9(12)11-7-8-4-2-1-3-5-8;8-6-7-4-2-1-3-5-7;3-1-2-4/h1-5H,6-7H2,(H,11,12);1-5H,6,8H2;1-4H2. The van der Waals surface area contributed by atoms with E-state index in [0.29, 0.717) is 26.2 Å². The van der Waals surface area contributed by atoms with Gasteiger partial charge in [-0.3, -0.25) is 4.79 Å². The lowest BCUT2D eigenvalue weighted by Gasteiger charge is -2.01. The van der Waals surface area contributed by atoms with Crippen molar-refractivity contribution in [2.45, 2.75) is 13.1 Å². The molecule has 0 aromatic heterocycles. The van der Waals surface area contributed by atoms with Crippen LogP contribution >= 0.6 is 11.6 Å². The van der Waals surface area contributed by atoms with Gasteiger partial charge in [0.2, 0.25) is 5.91 Å². The molecule has 0 saturated heterocycles. The van der Waals surface area contributed by atoms with Crippen molar-refractivity contribution < 1.29 is 4.79 Å². The van der Waals surface area contributed by atoms with E-state index >= 15 is 0 Å². The zero-order valence-corrected chi connectivity index (χ0v) is 14.6. The number of benzene rings is 2. The van der Waals surface area contributed by atoms with Crippen molar-refractivity contribution in [1.82, 2.24) is 5.32 Å². The van der Waals surface area contributed by atoms with E-state index in [9.17, 15) is 4.79 Å². The van der Waals surface area contributed by atoms with Crippen molar-refractivity contribution in [3.05, 3.63) is 71.8 Å². The summed E-state index contributed by atoms with van der Waals surface area (Å²) in [5, 5.41) is 2.68. The van der Waals surface area contributed by atoms with E-state index < -0.39 is 0 Å². The molecule has 0 spiro atoms. The Morgan fingerprint density at radius 3 is 1.62 bits per heavy atom. The zero-order valence-electron chi connectivity index (χ0n) is 13.8. The first-order valence-corrected chi connectivity index (χ1v) is 8.22. The van der Waals surface area contributed by atoms with Crippen molar-refractivity contribution in [1.29, 1.82) is 0 Å². The number of nitrogens with two attached hydrogens (primary N) is 3. The second kappa shape index (κ2) is 16.0. The number of halogens is 1. The molecule has 5 nitrogen and oxygen atoms in total. The summed E-state index contributed by atoms with van der Waals surface area (Å²) < 4.78 is 0. The third-order valence-electron chi connectivity index (χ3n) is 2.70. The average molecular weight is 351 g/mol. The van der Waals surface area contributed by atoms with Crippen molar-refractivity contribution in [2.24, 2.45) is 17.2 Å². The van der Waals surface area contributed by atoms with Gasteiger partial charge >= 0.3 is 0 Å². The first kappa shape index (κ1) is 22.1. The summed E-state index contributed by atoms with van der Waals surface area (Å²) in [5.74, 6) is -0.118. The normalized spacial score (nSPS) is 9.00. The molecule has 0 radical (unpaired) electrons. The van der Waals surface area contributed by atoms with Crippen LogP contribution in [0.25, 0.3) is 0 Å². The van der Waals surface area contributed by atoms with E-state index in [1.807, 2.05) is 60.7 Å². The number of amides is 1. The minimum atomic E-state index is -0.138. The summed E-state index contributed by atoms with van der Waals surface area (Å²) in [6.45, 7) is 2.38. The molecule has 1 amide bonds. The first-order chi connectivity index (χ1) is 11.7. The van der Waals surface area contributed by atoms with Crippen LogP contribution in [0.3, 0.4) is 0 Å². The van der Waals surface area contributed by atoms with Crippen LogP contribution in [0.15, 0.2) is 60.7 Å². The highest BCUT2D eigenvalue weighted by atomic mass is 35.5. The quantitative estimate of drug-likeness (QED) is 0.614. The minimum absolute atomic E-state index is 0.0207. The fourth-order valence-electron chi connectivity index (χ4n) is 1.46. The molecule has 0 atom stereocenters. The SMILES string of the molecule is NCCN.NCc1ccccc1.O=C(CCl)NCc1ccccc1. The van der Waals surface area contributed by atoms with Crippen LogP contribution in [-0.4, -0.2) is 24.9 Å². The summed E-state index contributed by atoms with van der Waals surface area (Å²) in [5.41, 5.74) is 17.4. The van der Waals surface area contributed by atoms with Crippen LogP contribution in [0.1, 0.15) is 11.1 Å². The first-order valence-electron chi connectivity index (χ1n) is 7.68. The van der Waals surface area contributed by atoms with Crippen LogP contribution in [-0.2, 0) is 17.9 Å². The van der Waals surface area contributed by atoms with Crippen molar-refractivity contribution >= 4 is 17.5 Å². The molecule has 0 heterocycles. The highest BCUT2D eigenvalue weighted by molar-refractivity contribution is 6.27. The number of carbonyl (C=O) groups is 1. The maximum absolute atomic E-state index is 10.7. The van der Waals surface area contributed by atoms with E-state index in [4.69, 9.17) is 28.8 Å². The molecule has 0 saturated carbocycles. The van der Waals surface area contributed by atoms with Gasteiger partial charge in [-0.25, -0.2) is 0 Å². The summed E-state index contributed by atoms with van der Waals surface area (Å²) in [6.07, 6.45) is 0. The zero-order chi connectivity index (χ0) is 18.0. The Labute approximate surface area is 149 Å². The molecule has 0 aliphatic rings. The van der Waals surface area contributed by atoms with Crippen molar-refractivity contribution in [2.75, 3.05) is 19.0 Å². The van der Waals surface area contributed by atoms with Gasteiger partial charge in [0, 0.05) is 26.2 Å². The Morgan fingerprint density at radius 1 is 0.833 bits per heavy atom. The summed E-state index contributed by atoms with van der Waals surface area (Å²) in [6, 6.07) is 19.7. The Kier molecular flexibility index (Phi) is 14.7. The molecule has 2 aromatic rings. The monoisotopic (exact) mass is 350 g/mol. The highest BCUT2D eigenvalue weighted by Gasteiger charge is 1.96. The lowest BCUT2D eigenvalue weighted by atomic mass is 10.2. The van der Waals surface area contributed by atoms with Crippen LogP contribution in [0.5, 0.6) is 0 Å². The molecule has 7 N–H and O–H groups in total. The molecule has 0 fully saturated rings. The lowest BCUT2D eigenvalue weighted by molar-refractivity contribution is -0.118. The Bertz CT molecular complexity index is 521. The van der Waals surface area contributed by atoms with Gasteiger partial charge in [-0.05, 0) is 11.1 Å². The number of alkyl halides is 1. The van der Waals surface area contributed by atoms with Gasteiger partial charge < -0.3 is 22.5 Å². The summed E-state index contributed by atoms with van der Waals surface area (Å²) in [7, 11) is 0. The second-order valence-corrected chi connectivity index (χ2v) is 4.93. The Hall–Kier alpha value is -1.92. The number of carbonyl (C=O) groups excluding carboxylic acids is 1. The molecule has 6 heteroatoms. The third kappa shape index (κ3) is 12.6. The smallest absolute Gasteiger partial charge is 0.235 e. The van der Waals surface area contributed by atoms with Gasteiger partial charge in [-0.1, -0.05) is 60.7 Å². The predicted octanol–water partition coefficient (Wildman–Crippen LogP) is 1.59. The fraction of sp³-hybridized carbons (Fsp3) is 0.278. The maximum Gasteiger partial charge on any atom is 0.235 e. The van der Waals surface area contributed by atoms with Crippen LogP contribution in [0.4, 0.5) is 0 Å². The second-order valence-electron chi connectivity index (χ2n) is 4.66. The van der Waals surface area contributed by atoms with Gasteiger partial charge in [0.05, 0.1) is 0 Å². The van der Waals surface area contributed by atoms with E-state index in [-0.39, 0.29) is 11.8 Å². The third-order valence-corrected chi connectivity index (χ3v) is 2.94. The molecule has 24 heavy (non-hydrogen) atoms. The Balaban J connectivity index is 0.000000379. The number of hydrogen-bond acceptors (Lipinski definition) is 4. The topological polar surface area (TPSA) is 107 Å². The van der Waals surface area contributed by atoms with Gasteiger partial charge in [0.15, 0.2) is 0 Å². The molecule has 0 bridgehead atoms. The molecular weight excluding hydrogens is 324 g/mol.